The molecule has 0 saturated heterocycles. The molecule has 2 aromatic carbocycles. The Kier molecular flexibility index (Phi) is 6.27. The number of benzene rings is 2. The summed E-state index contributed by atoms with van der Waals surface area (Å²) in [6.45, 7) is 3.98. The van der Waals surface area contributed by atoms with Gasteiger partial charge in [-0.2, -0.15) is 0 Å². The van der Waals surface area contributed by atoms with Crippen molar-refractivity contribution in [1.29, 1.82) is 0 Å². The van der Waals surface area contributed by atoms with E-state index in [9.17, 15) is 4.79 Å². The third-order valence-corrected chi connectivity index (χ3v) is 4.68. The molecule has 0 unspecified atom stereocenters. The molecule has 0 aliphatic rings. The predicted octanol–water partition coefficient (Wildman–Crippen LogP) is 5.90. The average molecular weight is 399 g/mol. The normalized spacial score (nSPS) is 11.1. The summed E-state index contributed by atoms with van der Waals surface area (Å²) < 4.78 is 5.64. The molecule has 4 nitrogen and oxygen atoms in total. The highest BCUT2D eigenvalue weighted by Gasteiger charge is 2.07. The minimum Gasteiger partial charge on any atom is -0.491 e. The number of nitrogens with zero attached hydrogens (tertiary/aromatic N) is 1. The predicted molar refractivity (Wildman–Crippen MR) is 112 cm³/mol. The van der Waals surface area contributed by atoms with E-state index < -0.39 is 0 Å². The minimum atomic E-state index is -0.253. The van der Waals surface area contributed by atoms with E-state index in [1.165, 1.54) is 17.4 Å². The molecule has 27 heavy (non-hydrogen) atoms. The summed E-state index contributed by atoms with van der Waals surface area (Å²) in [6.07, 6.45) is 3.26. The van der Waals surface area contributed by atoms with Crippen molar-refractivity contribution in [3.63, 3.8) is 0 Å². The Hall–Kier alpha value is -2.63. The van der Waals surface area contributed by atoms with Crippen LogP contribution >= 0.6 is 22.9 Å². The largest absolute Gasteiger partial charge is 0.491 e. The lowest BCUT2D eigenvalue weighted by Gasteiger charge is -2.09. The van der Waals surface area contributed by atoms with Gasteiger partial charge in [-0.1, -0.05) is 29.8 Å². The fourth-order valence-electron chi connectivity index (χ4n) is 2.36. The van der Waals surface area contributed by atoms with Gasteiger partial charge in [0, 0.05) is 22.0 Å². The Balaban J connectivity index is 1.63. The molecule has 3 aromatic rings. The zero-order chi connectivity index (χ0) is 19.2. The summed E-state index contributed by atoms with van der Waals surface area (Å²) in [5.74, 6) is 0.568. The van der Waals surface area contributed by atoms with E-state index in [4.69, 9.17) is 16.3 Å². The van der Waals surface area contributed by atoms with Crippen molar-refractivity contribution in [2.24, 2.45) is 0 Å². The summed E-state index contributed by atoms with van der Waals surface area (Å²) >= 11 is 7.45. The second kappa shape index (κ2) is 8.84. The fraction of sp³-hybridized carbons (Fsp3) is 0.143. The SMILES string of the molecule is CC(C)Oc1ccc(-c2csc(NC(=O)C=Cc3ccccc3Cl)n2)cc1. The van der Waals surface area contributed by atoms with Gasteiger partial charge in [-0.05, 0) is 55.8 Å². The van der Waals surface area contributed by atoms with Crippen LogP contribution in [-0.2, 0) is 4.79 Å². The Bertz CT molecular complexity index is 949. The minimum absolute atomic E-state index is 0.135. The smallest absolute Gasteiger partial charge is 0.250 e. The quantitative estimate of drug-likeness (QED) is 0.525. The Morgan fingerprint density at radius 1 is 1.19 bits per heavy atom. The maximum Gasteiger partial charge on any atom is 0.250 e. The van der Waals surface area contributed by atoms with E-state index in [1.807, 2.05) is 61.7 Å². The van der Waals surface area contributed by atoms with Gasteiger partial charge >= 0.3 is 0 Å². The number of nitrogens with one attached hydrogen (secondary N) is 1. The molecule has 1 amide bonds. The standard InChI is InChI=1S/C21H19ClN2O2S/c1-14(2)26-17-10-7-16(8-11-17)19-13-27-21(23-19)24-20(25)12-9-15-5-3-4-6-18(15)22/h3-14H,1-2H3,(H,23,24,25). The molecule has 1 heterocycles. The molecule has 0 saturated carbocycles. The zero-order valence-electron chi connectivity index (χ0n) is 15.0. The van der Waals surface area contributed by atoms with Gasteiger partial charge in [0.15, 0.2) is 5.13 Å². The van der Waals surface area contributed by atoms with Crippen LogP contribution in [0.1, 0.15) is 19.4 Å². The zero-order valence-corrected chi connectivity index (χ0v) is 16.6. The molecule has 0 atom stereocenters. The molecule has 6 heteroatoms. The van der Waals surface area contributed by atoms with E-state index in [-0.39, 0.29) is 12.0 Å². The average Bonchev–Trinajstić information content (AvgIpc) is 3.09. The Morgan fingerprint density at radius 2 is 1.93 bits per heavy atom. The monoisotopic (exact) mass is 398 g/mol. The number of ether oxygens (including phenoxy) is 1. The lowest BCUT2D eigenvalue weighted by molar-refractivity contribution is -0.111. The number of hydrogen-bond acceptors (Lipinski definition) is 4. The van der Waals surface area contributed by atoms with Crippen LogP contribution in [0.25, 0.3) is 17.3 Å². The summed E-state index contributed by atoms with van der Waals surface area (Å²) in [5.41, 5.74) is 2.56. The van der Waals surface area contributed by atoms with E-state index in [2.05, 4.69) is 10.3 Å². The van der Waals surface area contributed by atoms with Crippen molar-refractivity contribution >= 4 is 40.1 Å². The molecule has 0 fully saturated rings. The summed E-state index contributed by atoms with van der Waals surface area (Å²) in [4.78, 5) is 16.6. The summed E-state index contributed by atoms with van der Waals surface area (Å²) in [7, 11) is 0. The first-order chi connectivity index (χ1) is 13.0. The van der Waals surface area contributed by atoms with Gasteiger partial charge in [0.25, 0.3) is 0 Å². The van der Waals surface area contributed by atoms with Gasteiger partial charge in [-0.25, -0.2) is 4.98 Å². The first-order valence-corrected chi connectivity index (χ1v) is 9.73. The topological polar surface area (TPSA) is 51.2 Å². The molecule has 1 N–H and O–H groups in total. The first-order valence-electron chi connectivity index (χ1n) is 8.47. The van der Waals surface area contributed by atoms with E-state index in [0.29, 0.717) is 10.2 Å². The second-order valence-corrected chi connectivity index (χ2v) is 7.34. The molecule has 3 rings (SSSR count). The number of hydrogen-bond donors (Lipinski definition) is 1. The first kappa shape index (κ1) is 19.1. The third-order valence-electron chi connectivity index (χ3n) is 3.58. The van der Waals surface area contributed by atoms with Gasteiger partial charge in [0.2, 0.25) is 5.91 Å². The number of carbonyl (C=O) groups excluding carboxylic acids is 1. The molecule has 1 aromatic heterocycles. The van der Waals surface area contributed by atoms with Crippen LogP contribution in [0.2, 0.25) is 5.02 Å². The highest BCUT2D eigenvalue weighted by atomic mass is 35.5. The molecule has 0 spiro atoms. The van der Waals surface area contributed by atoms with Crippen LogP contribution in [0.3, 0.4) is 0 Å². The van der Waals surface area contributed by atoms with E-state index >= 15 is 0 Å². The summed E-state index contributed by atoms with van der Waals surface area (Å²) in [5, 5.41) is 5.82. The van der Waals surface area contributed by atoms with Crippen LogP contribution in [0.5, 0.6) is 5.75 Å². The van der Waals surface area contributed by atoms with Gasteiger partial charge < -0.3 is 4.74 Å². The molecular formula is C21H19ClN2O2S. The molecule has 0 aliphatic carbocycles. The molecule has 0 aliphatic heterocycles. The number of amides is 1. The maximum absolute atomic E-state index is 12.1. The fourth-order valence-corrected chi connectivity index (χ4v) is 3.28. The van der Waals surface area contributed by atoms with Crippen LogP contribution in [0.15, 0.2) is 60.0 Å². The number of halogens is 1. The van der Waals surface area contributed by atoms with Gasteiger partial charge in [0.05, 0.1) is 11.8 Å². The van der Waals surface area contributed by atoms with Crippen LogP contribution in [0, 0.1) is 0 Å². The summed E-state index contributed by atoms with van der Waals surface area (Å²) in [6, 6.07) is 15.1. The highest BCUT2D eigenvalue weighted by molar-refractivity contribution is 7.14. The number of rotatable bonds is 6. The lowest BCUT2D eigenvalue weighted by Crippen LogP contribution is -2.07. The van der Waals surface area contributed by atoms with Crippen molar-refractivity contribution < 1.29 is 9.53 Å². The van der Waals surface area contributed by atoms with Crippen molar-refractivity contribution in [2.45, 2.75) is 20.0 Å². The van der Waals surface area contributed by atoms with E-state index in [1.54, 1.807) is 12.1 Å². The van der Waals surface area contributed by atoms with Gasteiger partial charge in [-0.15, -0.1) is 11.3 Å². The second-order valence-electron chi connectivity index (χ2n) is 6.07. The van der Waals surface area contributed by atoms with E-state index in [0.717, 1.165) is 22.6 Å². The molecule has 138 valence electrons. The Labute approximate surface area is 167 Å². The van der Waals surface area contributed by atoms with Crippen LogP contribution in [0.4, 0.5) is 5.13 Å². The lowest BCUT2D eigenvalue weighted by atomic mass is 10.2. The van der Waals surface area contributed by atoms with Crippen molar-refractivity contribution in [1.82, 2.24) is 4.98 Å². The van der Waals surface area contributed by atoms with Gasteiger partial charge in [-0.3, -0.25) is 10.1 Å². The molecule has 0 bridgehead atoms. The van der Waals surface area contributed by atoms with Crippen LogP contribution < -0.4 is 10.1 Å². The van der Waals surface area contributed by atoms with Crippen molar-refractivity contribution in [3.8, 4) is 17.0 Å². The highest BCUT2D eigenvalue weighted by Crippen LogP contribution is 2.27. The Morgan fingerprint density at radius 3 is 2.63 bits per heavy atom. The van der Waals surface area contributed by atoms with Crippen molar-refractivity contribution in [3.05, 3.63) is 70.6 Å². The van der Waals surface area contributed by atoms with Crippen molar-refractivity contribution in [2.75, 3.05) is 5.32 Å². The molecule has 0 radical (unpaired) electrons. The number of carbonyl (C=O) groups is 1. The molecular weight excluding hydrogens is 380 g/mol. The van der Waals surface area contributed by atoms with Gasteiger partial charge in [0.1, 0.15) is 5.75 Å². The number of thiazole rings is 1. The van der Waals surface area contributed by atoms with Crippen LogP contribution in [-0.4, -0.2) is 17.0 Å². The number of aromatic nitrogens is 1. The maximum atomic E-state index is 12.1. The number of anilines is 1. The third kappa shape index (κ3) is 5.42.